The van der Waals surface area contributed by atoms with Gasteiger partial charge in [0.25, 0.3) is 0 Å². The fourth-order valence-corrected chi connectivity index (χ4v) is 4.23. The third-order valence-electron chi connectivity index (χ3n) is 5.81. The van der Waals surface area contributed by atoms with Crippen LogP contribution in [-0.2, 0) is 24.1 Å². The first-order valence-corrected chi connectivity index (χ1v) is 10.3. The van der Waals surface area contributed by atoms with Gasteiger partial charge in [0, 0.05) is 18.7 Å². The van der Waals surface area contributed by atoms with Gasteiger partial charge in [0.15, 0.2) is 0 Å². The molecule has 1 atom stereocenters. The molecule has 1 saturated heterocycles. The maximum absolute atomic E-state index is 12.6. The highest BCUT2D eigenvalue weighted by Gasteiger charge is 2.33. The van der Waals surface area contributed by atoms with Crippen LogP contribution in [0, 0.1) is 0 Å². The monoisotopic (exact) mass is 429 g/mol. The first-order chi connectivity index (χ1) is 14.1. The Morgan fingerprint density at radius 3 is 2.53 bits per heavy atom. The molecule has 2 heterocycles. The predicted octanol–water partition coefficient (Wildman–Crippen LogP) is 3.47. The molecule has 0 aromatic heterocycles. The number of rotatable bonds is 6. The Balaban J connectivity index is 0.00000256. The molecule has 4 rings (SSSR count). The van der Waals surface area contributed by atoms with Crippen molar-refractivity contribution in [3.8, 4) is 0 Å². The Bertz CT molecular complexity index is 901. The third kappa shape index (κ3) is 4.94. The van der Waals surface area contributed by atoms with Gasteiger partial charge in [-0.25, -0.2) is 4.79 Å². The largest absolute Gasteiger partial charge is 0.481 e. The van der Waals surface area contributed by atoms with Crippen LogP contribution in [0.25, 0.3) is 0 Å². The van der Waals surface area contributed by atoms with E-state index in [1.807, 2.05) is 17.0 Å². The second kappa shape index (κ2) is 9.96. The molecule has 0 spiro atoms. The minimum atomic E-state index is -0.760. The molecule has 0 radical (unpaired) electrons. The van der Waals surface area contributed by atoms with Crippen molar-refractivity contribution in [2.24, 2.45) is 0 Å². The van der Waals surface area contributed by atoms with E-state index in [1.165, 1.54) is 11.1 Å². The van der Waals surface area contributed by atoms with E-state index in [4.69, 9.17) is 5.11 Å². The number of urea groups is 1. The number of carboxylic acids is 1. The molecule has 6 nitrogen and oxygen atoms in total. The maximum atomic E-state index is 12.6. The van der Waals surface area contributed by atoms with Crippen molar-refractivity contribution in [3.63, 3.8) is 0 Å². The van der Waals surface area contributed by atoms with Gasteiger partial charge in [0.1, 0.15) is 0 Å². The van der Waals surface area contributed by atoms with Crippen LogP contribution in [-0.4, -0.2) is 36.7 Å². The van der Waals surface area contributed by atoms with Crippen LogP contribution in [0.4, 0.5) is 10.5 Å². The van der Waals surface area contributed by atoms with E-state index in [2.05, 4.69) is 41.0 Å². The number of nitrogens with zero attached hydrogens (tertiary/aromatic N) is 1. The van der Waals surface area contributed by atoms with E-state index in [0.29, 0.717) is 13.0 Å². The molecule has 1 unspecified atom stereocenters. The van der Waals surface area contributed by atoms with Crippen molar-refractivity contribution in [3.05, 3.63) is 64.7 Å². The van der Waals surface area contributed by atoms with Gasteiger partial charge in [-0.2, -0.15) is 0 Å². The van der Waals surface area contributed by atoms with Crippen molar-refractivity contribution < 1.29 is 14.7 Å². The van der Waals surface area contributed by atoms with E-state index in [-0.39, 0.29) is 30.9 Å². The molecule has 0 bridgehead atoms. The lowest BCUT2D eigenvalue weighted by atomic mass is 9.99. The fourth-order valence-electron chi connectivity index (χ4n) is 4.23. The molecular weight excluding hydrogens is 402 g/mol. The molecule has 2 amide bonds. The summed E-state index contributed by atoms with van der Waals surface area (Å²) in [6, 6.07) is 14.5. The molecular formula is C23H28ClN3O3. The minimum Gasteiger partial charge on any atom is -0.481 e. The maximum Gasteiger partial charge on any atom is 0.322 e. The summed E-state index contributed by atoms with van der Waals surface area (Å²) in [6.45, 7) is 2.54. The van der Waals surface area contributed by atoms with Crippen LogP contribution in [0.2, 0.25) is 0 Å². The number of hydrogen-bond donors (Lipinski definition) is 3. The average molecular weight is 430 g/mol. The van der Waals surface area contributed by atoms with Crippen LogP contribution in [0.15, 0.2) is 42.5 Å². The zero-order chi connectivity index (χ0) is 20.2. The molecule has 30 heavy (non-hydrogen) atoms. The van der Waals surface area contributed by atoms with Gasteiger partial charge in [0.05, 0.1) is 6.04 Å². The van der Waals surface area contributed by atoms with E-state index < -0.39 is 5.97 Å². The van der Waals surface area contributed by atoms with Gasteiger partial charge in [-0.05, 0) is 73.2 Å². The summed E-state index contributed by atoms with van der Waals surface area (Å²) in [6.07, 6.45) is 3.57. The van der Waals surface area contributed by atoms with Crippen molar-refractivity contribution in [2.75, 3.05) is 24.5 Å². The summed E-state index contributed by atoms with van der Waals surface area (Å²) >= 11 is 0. The summed E-state index contributed by atoms with van der Waals surface area (Å²) in [5.41, 5.74) is 5.83. The number of anilines is 1. The Morgan fingerprint density at radius 2 is 1.80 bits per heavy atom. The molecule has 7 heteroatoms. The Hall–Kier alpha value is -2.57. The van der Waals surface area contributed by atoms with Crippen molar-refractivity contribution >= 4 is 30.1 Å². The third-order valence-corrected chi connectivity index (χ3v) is 5.81. The number of amides is 2. The first-order valence-electron chi connectivity index (χ1n) is 10.3. The van der Waals surface area contributed by atoms with Crippen molar-refractivity contribution in [1.29, 1.82) is 0 Å². The van der Waals surface area contributed by atoms with E-state index in [9.17, 15) is 9.59 Å². The number of aryl methyl sites for hydroxylation is 1. The van der Waals surface area contributed by atoms with Gasteiger partial charge >= 0.3 is 12.0 Å². The quantitative estimate of drug-likeness (QED) is 0.656. The van der Waals surface area contributed by atoms with Crippen molar-refractivity contribution in [2.45, 2.75) is 38.1 Å². The molecule has 160 valence electrons. The number of carboxylic acid groups (broad SMARTS) is 1. The number of benzene rings is 2. The average Bonchev–Trinajstić information content (AvgIpc) is 2.94. The van der Waals surface area contributed by atoms with Crippen LogP contribution in [0.1, 0.15) is 41.1 Å². The molecule has 2 aliphatic heterocycles. The summed E-state index contributed by atoms with van der Waals surface area (Å²) < 4.78 is 0. The highest BCUT2D eigenvalue weighted by Crippen LogP contribution is 2.32. The highest BCUT2D eigenvalue weighted by molar-refractivity contribution is 5.95. The van der Waals surface area contributed by atoms with E-state index in [0.717, 1.165) is 49.2 Å². The summed E-state index contributed by atoms with van der Waals surface area (Å²) in [4.78, 5) is 25.2. The normalized spacial score (nSPS) is 18.2. The fraction of sp³-hybridized carbons (Fsp3) is 0.391. The Labute approximate surface area is 183 Å². The van der Waals surface area contributed by atoms with Gasteiger partial charge in [-0.1, -0.05) is 30.3 Å². The lowest BCUT2D eigenvalue weighted by Crippen LogP contribution is -2.29. The number of carbonyl (C=O) groups excluding carboxylic acids is 1. The zero-order valence-electron chi connectivity index (χ0n) is 16.9. The topological polar surface area (TPSA) is 81.7 Å². The Morgan fingerprint density at radius 1 is 1.07 bits per heavy atom. The van der Waals surface area contributed by atoms with Crippen LogP contribution in [0.5, 0.6) is 0 Å². The van der Waals surface area contributed by atoms with Gasteiger partial charge in [0.2, 0.25) is 0 Å². The molecule has 0 saturated carbocycles. The smallest absolute Gasteiger partial charge is 0.322 e. The first kappa shape index (κ1) is 22.1. The molecule has 3 N–H and O–H groups in total. The number of fused-ring (bicyclic) bond motifs is 1. The molecule has 0 aliphatic carbocycles. The van der Waals surface area contributed by atoms with Crippen molar-refractivity contribution in [1.82, 2.24) is 10.6 Å². The second-order valence-corrected chi connectivity index (χ2v) is 7.76. The van der Waals surface area contributed by atoms with Gasteiger partial charge < -0.3 is 15.7 Å². The zero-order valence-corrected chi connectivity index (χ0v) is 17.7. The second-order valence-electron chi connectivity index (χ2n) is 7.76. The number of carbonyl (C=O) groups is 2. The summed E-state index contributed by atoms with van der Waals surface area (Å²) in [5, 5.41) is 15.2. The SMILES string of the molecule is Cl.O=C(O)CCCc1ccc(C2CNC(=O)N2c2ccc3c(c2)CCNCC3)cc1. The van der Waals surface area contributed by atoms with E-state index >= 15 is 0 Å². The molecule has 2 aromatic rings. The summed E-state index contributed by atoms with van der Waals surface area (Å²) in [7, 11) is 0. The van der Waals surface area contributed by atoms with Crippen LogP contribution >= 0.6 is 12.4 Å². The van der Waals surface area contributed by atoms with E-state index in [1.54, 1.807) is 0 Å². The highest BCUT2D eigenvalue weighted by atomic mass is 35.5. The standard InChI is InChI=1S/C23H27N3O3.ClH/c27-22(28)3-1-2-16-4-6-18(7-5-16)21-15-25-23(29)26(21)20-9-8-17-10-12-24-13-11-19(17)14-20;/h4-9,14,21,24H,1-3,10-13,15H2,(H,25,29)(H,27,28);1H. The van der Waals surface area contributed by atoms with Gasteiger partial charge in [-0.15, -0.1) is 12.4 Å². The van der Waals surface area contributed by atoms with Crippen LogP contribution in [0.3, 0.4) is 0 Å². The van der Waals surface area contributed by atoms with Gasteiger partial charge in [-0.3, -0.25) is 9.69 Å². The lowest BCUT2D eigenvalue weighted by molar-refractivity contribution is -0.137. The number of hydrogen-bond acceptors (Lipinski definition) is 3. The number of halogens is 1. The lowest BCUT2D eigenvalue weighted by Gasteiger charge is -2.25. The number of nitrogens with one attached hydrogen (secondary N) is 2. The predicted molar refractivity (Wildman–Crippen MR) is 120 cm³/mol. The molecule has 2 aromatic carbocycles. The Kier molecular flexibility index (Phi) is 7.34. The van der Waals surface area contributed by atoms with Crippen LogP contribution < -0.4 is 15.5 Å². The summed E-state index contributed by atoms with van der Waals surface area (Å²) in [5.74, 6) is -0.760. The molecule has 2 aliphatic rings. The number of aliphatic carboxylic acids is 1. The minimum absolute atomic E-state index is 0. The molecule has 1 fully saturated rings.